The molecule has 1 heterocycles. The molecule has 0 saturated heterocycles. The Labute approximate surface area is 277 Å². The van der Waals surface area contributed by atoms with Crippen molar-refractivity contribution >= 4 is 82.1 Å². The Bertz CT molecular complexity index is 2860. The molecule has 0 atom stereocenters. The molecule has 2 heteroatoms. The van der Waals surface area contributed by atoms with Gasteiger partial charge in [-0.3, -0.25) is 0 Å². The van der Waals surface area contributed by atoms with Crippen molar-refractivity contribution in [3.05, 3.63) is 176 Å². The SMILES string of the molecule is c1ccc(N(c2ccc3ccccc3c2)c2cc3ccccc3c3ccccc23)c(-c2ccc3oc4c5ccccc5ccc4c3c2)c1. The highest BCUT2D eigenvalue weighted by Gasteiger charge is 2.21. The van der Waals surface area contributed by atoms with Crippen molar-refractivity contribution in [2.75, 3.05) is 4.90 Å². The number of hydrogen-bond donors (Lipinski definition) is 0. The van der Waals surface area contributed by atoms with E-state index in [1.54, 1.807) is 0 Å². The zero-order chi connectivity index (χ0) is 31.6. The maximum atomic E-state index is 6.49. The van der Waals surface area contributed by atoms with Crippen molar-refractivity contribution in [3.63, 3.8) is 0 Å². The highest BCUT2D eigenvalue weighted by atomic mass is 16.3. The minimum Gasteiger partial charge on any atom is -0.455 e. The van der Waals surface area contributed by atoms with Gasteiger partial charge in [-0.15, -0.1) is 0 Å². The molecule has 0 aliphatic rings. The van der Waals surface area contributed by atoms with E-state index in [1.807, 2.05) is 0 Å². The lowest BCUT2D eigenvalue weighted by Crippen LogP contribution is -2.12. The first-order chi connectivity index (χ1) is 23.8. The summed E-state index contributed by atoms with van der Waals surface area (Å²) in [5.41, 5.74) is 7.51. The zero-order valence-electron chi connectivity index (χ0n) is 26.1. The maximum absolute atomic E-state index is 6.49. The van der Waals surface area contributed by atoms with Crippen molar-refractivity contribution in [1.82, 2.24) is 0 Å². The van der Waals surface area contributed by atoms with E-state index >= 15 is 0 Å². The van der Waals surface area contributed by atoms with Crippen LogP contribution >= 0.6 is 0 Å². The monoisotopic (exact) mass is 611 g/mol. The van der Waals surface area contributed by atoms with Gasteiger partial charge in [0.1, 0.15) is 11.2 Å². The van der Waals surface area contributed by atoms with Crippen molar-refractivity contribution in [2.45, 2.75) is 0 Å². The summed E-state index contributed by atoms with van der Waals surface area (Å²) >= 11 is 0. The van der Waals surface area contributed by atoms with Crippen LogP contribution in [0.25, 0.3) is 76.2 Å². The number of fused-ring (bicyclic) bond motifs is 9. The molecule has 0 saturated carbocycles. The van der Waals surface area contributed by atoms with Crippen LogP contribution in [-0.2, 0) is 0 Å². The summed E-state index contributed by atoms with van der Waals surface area (Å²) in [7, 11) is 0. The highest BCUT2D eigenvalue weighted by molar-refractivity contribution is 6.17. The van der Waals surface area contributed by atoms with Gasteiger partial charge in [0.05, 0.1) is 11.4 Å². The van der Waals surface area contributed by atoms with Gasteiger partial charge in [0.2, 0.25) is 0 Å². The van der Waals surface area contributed by atoms with Gasteiger partial charge in [0.15, 0.2) is 0 Å². The Morgan fingerprint density at radius 3 is 1.90 bits per heavy atom. The third-order valence-corrected chi connectivity index (χ3v) is 9.80. The highest BCUT2D eigenvalue weighted by Crippen LogP contribution is 2.46. The molecule has 224 valence electrons. The molecule has 0 radical (unpaired) electrons. The number of hydrogen-bond acceptors (Lipinski definition) is 2. The largest absolute Gasteiger partial charge is 0.455 e. The number of para-hydroxylation sites is 1. The molecule has 10 rings (SSSR count). The fraction of sp³-hybridized carbons (Fsp3) is 0. The van der Waals surface area contributed by atoms with Crippen molar-refractivity contribution in [3.8, 4) is 11.1 Å². The number of rotatable bonds is 4. The summed E-state index contributed by atoms with van der Waals surface area (Å²) in [6, 6.07) is 63.4. The van der Waals surface area contributed by atoms with E-state index in [4.69, 9.17) is 4.42 Å². The van der Waals surface area contributed by atoms with Crippen LogP contribution in [-0.4, -0.2) is 0 Å². The van der Waals surface area contributed by atoms with E-state index in [0.29, 0.717) is 0 Å². The lowest BCUT2D eigenvalue weighted by atomic mass is 9.96. The summed E-state index contributed by atoms with van der Waals surface area (Å²) in [6.07, 6.45) is 0. The molecular formula is C46H29NO. The van der Waals surface area contributed by atoms with E-state index in [2.05, 4.69) is 181 Å². The number of nitrogens with zero attached hydrogens (tertiary/aromatic N) is 1. The molecule has 0 fully saturated rings. The second-order valence-electron chi connectivity index (χ2n) is 12.5. The van der Waals surface area contributed by atoms with E-state index in [0.717, 1.165) is 55.5 Å². The average Bonchev–Trinajstić information content (AvgIpc) is 3.54. The lowest BCUT2D eigenvalue weighted by Gasteiger charge is -2.30. The fourth-order valence-corrected chi connectivity index (χ4v) is 7.53. The van der Waals surface area contributed by atoms with Crippen molar-refractivity contribution in [2.24, 2.45) is 0 Å². The first-order valence-corrected chi connectivity index (χ1v) is 16.4. The van der Waals surface area contributed by atoms with Crippen LogP contribution in [0.3, 0.4) is 0 Å². The Hall–Kier alpha value is -6.38. The number of anilines is 3. The topological polar surface area (TPSA) is 16.4 Å². The molecule has 0 unspecified atom stereocenters. The van der Waals surface area contributed by atoms with E-state index in [1.165, 1.54) is 37.7 Å². The molecule has 48 heavy (non-hydrogen) atoms. The zero-order valence-corrected chi connectivity index (χ0v) is 26.1. The van der Waals surface area contributed by atoms with Gasteiger partial charge in [0.25, 0.3) is 0 Å². The predicted molar refractivity (Wildman–Crippen MR) is 204 cm³/mol. The fourth-order valence-electron chi connectivity index (χ4n) is 7.53. The lowest BCUT2D eigenvalue weighted by molar-refractivity contribution is 0.672. The van der Waals surface area contributed by atoms with E-state index in [-0.39, 0.29) is 0 Å². The van der Waals surface area contributed by atoms with Crippen LogP contribution in [0.15, 0.2) is 180 Å². The summed E-state index contributed by atoms with van der Waals surface area (Å²) < 4.78 is 6.49. The summed E-state index contributed by atoms with van der Waals surface area (Å²) in [5, 5.41) is 11.9. The molecule has 1 aromatic heterocycles. The quantitative estimate of drug-likeness (QED) is 0.184. The smallest absolute Gasteiger partial charge is 0.143 e. The van der Waals surface area contributed by atoms with E-state index in [9.17, 15) is 0 Å². The molecular weight excluding hydrogens is 583 g/mol. The Morgan fingerprint density at radius 2 is 1.02 bits per heavy atom. The average molecular weight is 612 g/mol. The molecule has 0 aliphatic heterocycles. The van der Waals surface area contributed by atoms with Crippen LogP contribution in [0.4, 0.5) is 17.1 Å². The van der Waals surface area contributed by atoms with Gasteiger partial charge in [0, 0.05) is 32.8 Å². The third-order valence-electron chi connectivity index (χ3n) is 9.80. The maximum Gasteiger partial charge on any atom is 0.143 e. The summed E-state index contributed by atoms with van der Waals surface area (Å²) in [5.74, 6) is 0. The van der Waals surface area contributed by atoms with Crippen LogP contribution in [0.2, 0.25) is 0 Å². The molecule has 10 aromatic rings. The molecule has 0 amide bonds. The normalized spacial score (nSPS) is 11.8. The summed E-state index contributed by atoms with van der Waals surface area (Å²) in [4.78, 5) is 2.45. The standard InChI is InChI=1S/C46H29NO/c1-2-13-32-27-35(24-21-30(32)11-1)47(44-29-33-14-4-5-15-36(33)39-18-7-8-19-40(39)44)43-20-10-9-16-37(43)34-23-26-45-42(28-34)41-25-22-31-12-3-6-17-38(31)46(41)48-45/h1-29H. The van der Waals surface area contributed by atoms with E-state index < -0.39 is 0 Å². The molecule has 0 aliphatic carbocycles. The Morgan fingerprint density at radius 1 is 0.354 bits per heavy atom. The molecule has 9 aromatic carbocycles. The van der Waals surface area contributed by atoms with Crippen LogP contribution in [0.1, 0.15) is 0 Å². The van der Waals surface area contributed by atoms with Crippen LogP contribution in [0.5, 0.6) is 0 Å². The van der Waals surface area contributed by atoms with Crippen molar-refractivity contribution < 1.29 is 4.42 Å². The number of benzene rings is 9. The van der Waals surface area contributed by atoms with Crippen LogP contribution < -0.4 is 4.90 Å². The van der Waals surface area contributed by atoms with Gasteiger partial charge >= 0.3 is 0 Å². The van der Waals surface area contributed by atoms with Gasteiger partial charge in [-0.1, -0.05) is 133 Å². The van der Waals surface area contributed by atoms with Crippen molar-refractivity contribution in [1.29, 1.82) is 0 Å². The van der Waals surface area contributed by atoms with Gasteiger partial charge in [-0.2, -0.15) is 0 Å². The van der Waals surface area contributed by atoms with Gasteiger partial charge < -0.3 is 9.32 Å². The molecule has 0 N–H and O–H groups in total. The van der Waals surface area contributed by atoms with Crippen LogP contribution in [0, 0.1) is 0 Å². The second-order valence-corrected chi connectivity index (χ2v) is 12.5. The first-order valence-electron chi connectivity index (χ1n) is 16.4. The Balaban J connectivity index is 1.25. The van der Waals surface area contributed by atoms with Gasteiger partial charge in [-0.05, 0) is 80.3 Å². The first kappa shape index (κ1) is 26.8. The summed E-state index contributed by atoms with van der Waals surface area (Å²) in [6.45, 7) is 0. The molecule has 0 spiro atoms. The predicted octanol–water partition coefficient (Wildman–Crippen LogP) is 13.3. The molecule has 0 bridgehead atoms. The third kappa shape index (κ3) is 4.13. The second kappa shape index (κ2) is 10.6. The molecule has 2 nitrogen and oxygen atoms in total. The minimum atomic E-state index is 0.898. The van der Waals surface area contributed by atoms with Gasteiger partial charge in [-0.25, -0.2) is 0 Å². The Kier molecular flexibility index (Phi) is 5.91. The number of furan rings is 1. The minimum absolute atomic E-state index is 0.898.